The van der Waals surface area contributed by atoms with Crippen LogP contribution in [-0.4, -0.2) is 4.21 Å². The summed E-state index contributed by atoms with van der Waals surface area (Å²) in [7, 11) is -1.27. The van der Waals surface area contributed by atoms with Crippen molar-refractivity contribution < 1.29 is 4.21 Å². The lowest BCUT2D eigenvalue weighted by Gasteiger charge is -2.25. The average molecular weight is 378 g/mol. The predicted octanol–water partition coefficient (Wildman–Crippen LogP) is 6.12. The Kier molecular flexibility index (Phi) is 5.23. The van der Waals surface area contributed by atoms with Gasteiger partial charge < -0.3 is 4.72 Å². The Labute approximate surface area is 160 Å². The molecule has 0 amide bonds. The van der Waals surface area contributed by atoms with E-state index < -0.39 is 11.0 Å². The molecular formula is C22H19NOS2. The SMILES string of the molecule is O=S(Nc1ccccc1C1=C(Sc2ccccc2)CC1)c1ccccc1. The summed E-state index contributed by atoms with van der Waals surface area (Å²) in [4.78, 5) is 3.44. The van der Waals surface area contributed by atoms with Crippen LogP contribution in [0, 0.1) is 0 Å². The van der Waals surface area contributed by atoms with Crippen molar-refractivity contribution in [3.05, 3.63) is 95.4 Å². The molecule has 1 unspecified atom stereocenters. The summed E-state index contributed by atoms with van der Waals surface area (Å²) < 4.78 is 15.8. The molecule has 4 rings (SSSR count). The summed E-state index contributed by atoms with van der Waals surface area (Å²) in [6, 6.07) is 28.1. The van der Waals surface area contributed by atoms with Crippen molar-refractivity contribution in [1.29, 1.82) is 0 Å². The molecule has 0 bridgehead atoms. The maximum absolute atomic E-state index is 12.6. The normalized spacial score (nSPS) is 14.6. The highest BCUT2D eigenvalue weighted by Crippen LogP contribution is 2.47. The average Bonchev–Trinajstić information content (AvgIpc) is 2.68. The number of hydrogen-bond donors (Lipinski definition) is 1. The van der Waals surface area contributed by atoms with E-state index >= 15 is 0 Å². The fourth-order valence-electron chi connectivity index (χ4n) is 2.92. The van der Waals surface area contributed by atoms with Gasteiger partial charge >= 0.3 is 0 Å². The third-order valence-electron chi connectivity index (χ3n) is 4.34. The number of nitrogens with one attached hydrogen (secondary N) is 1. The van der Waals surface area contributed by atoms with E-state index in [1.54, 1.807) is 0 Å². The summed E-state index contributed by atoms with van der Waals surface area (Å²) in [5.74, 6) is 0. The monoisotopic (exact) mass is 377 g/mol. The van der Waals surface area contributed by atoms with Crippen LogP contribution in [0.4, 0.5) is 5.69 Å². The maximum atomic E-state index is 12.6. The van der Waals surface area contributed by atoms with Crippen LogP contribution in [0.2, 0.25) is 0 Å². The van der Waals surface area contributed by atoms with E-state index in [2.05, 4.69) is 35.1 Å². The molecule has 0 radical (unpaired) electrons. The molecule has 0 fully saturated rings. The number of para-hydroxylation sites is 1. The van der Waals surface area contributed by atoms with Crippen LogP contribution in [0.1, 0.15) is 18.4 Å². The summed E-state index contributed by atoms with van der Waals surface area (Å²) in [6.07, 6.45) is 2.16. The van der Waals surface area contributed by atoms with E-state index in [4.69, 9.17) is 0 Å². The first-order chi connectivity index (χ1) is 12.8. The minimum absolute atomic E-state index is 0.781. The molecule has 0 aromatic heterocycles. The van der Waals surface area contributed by atoms with Gasteiger partial charge in [-0.2, -0.15) is 0 Å². The van der Waals surface area contributed by atoms with Gasteiger partial charge in [-0.05, 0) is 53.7 Å². The summed E-state index contributed by atoms with van der Waals surface area (Å²) in [5.41, 5.74) is 3.43. The lowest BCUT2D eigenvalue weighted by atomic mass is 9.90. The summed E-state index contributed by atoms with van der Waals surface area (Å²) in [5, 5.41) is 0. The minimum atomic E-state index is -1.27. The van der Waals surface area contributed by atoms with Gasteiger partial charge in [0.25, 0.3) is 0 Å². The van der Waals surface area contributed by atoms with Gasteiger partial charge in [-0.3, -0.25) is 0 Å². The van der Waals surface area contributed by atoms with Gasteiger partial charge in [-0.15, -0.1) is 0 Å². The second-order valence-corrected chi connectivity index (χ2v) is 8.43. The van der Waals surface area contributed by atoms with Crippen molar-refractivity contribution in [3.63, 3.8) is 0 Å². The topological polar surface area (TPSA) is 29.1 Å². The lowest BCUT2D eigenvalue weighted by molar-refractivity contribution is 0.686. The fraction of sp³-hybridized carbons (Fsp3) is 0.0909. The minimum Gasteiger partial charge on any atom is -0.301 e. The standard InChI is InChI=1S/C22H19NOS2/c24-26(18-11-5-2-6-12-18)23-21-14-8-7-13-19(21)20-15-16-22(20)25-17-9-3-1-4-10-17/h1-14,23H,15-16H2. The zero-order chi connectivity index (χ0) is 17.8. The Morgan fingerprint density at radius 2 is 1.42 bits per heavy atom. The molecule has 1 aliphatic carbocycles. The smallest absolute Gasteiger partial charge is 0.150 e. The molecular weight excluding hydrogens is 358 g/mol. The Bertz CT molecular complexity index is 952. The van der Waals surface area contributed by atoms with Crippen molar-refractivity contribution in [2.75, 3.05) is 4.72 Å². The van der Waals surface area contributed by atoms with Crippen LogP contribution >= 0.6 is 11.8 Å². The van der Waals surface area contributed by atoms with Gasteiger partial charge in [0.05, 0.1) is 10.6 Å². The number of benzene rings is 3. The molecule has 130 valence electrons. The largest absolute Gasteiger partial charge is 0.301 e. The highest BCUT2D eigenvalue weighted by molar-refractivity contribution is 8.03. The molecule has 1 N–H and O–H groups in total. The molecule has 26 heavy (non-hydrogen) atoms. The van der Waals surface area contributed by atoms with Gasteiger partial charge in [-0.1, -0.05) is 66.4 Å². The predicted molar refractivity (Wildman–Crippen MR) is 111 cm³/mol. The van der Waals surface area contributed by atoms with Crippen molar-refractivity contribution in [2.24, 2.45) is 0 Å². The molecule has 3 aromatic rings. The third-order valence-corrected chi connectivity index (χ3v) is 6.65. The van der Waals surface area contributed by atoms with Crippen LogP contribution in [0.25, 0.3) is 5.57 Å². The van der Waals surface area contributed by atoms with Crippen LogP contribution in [0.15, 0.2) is 99.6 Å². The first-order valence-electron chi connectivity index (χ1n) is 8.59. The summed E-state index contributed by atoms with van der Waals surface area (Å²) in [6.45, 7) is 0. The van der Waals surface area contributed by atoms with E-state index in [9.17, 15) is 4.21 Å². The Morgan fingerprint density at radius 3 is 2.12 bits per heavy atom. The van der Waals surface area contributed by atoms with Crippen LogP contribution in [0.5, 0.6) is 0 Å². The highest BCUT2D eigenvalue weighted by Gasteiger charge is 2.22. The van der Waals surface area contributed by atoms with Crippen LogP contribution < -0.4 is 4.72 Å². The number of thioether (sulfide) groups is 1. The van der Waals surface area contributed by atoms with Gasteiger partial charge in [-0.25, -0.2) is 4.21 Å². The Morgan fingerprint density at radius 1 is 0.769 bits per heavy atom. The van der Waals surface area contributed by atoms with Crippen molar-refractivity contribution in [1.82, 2.24) is 0 Å². The van der Waals surface area contributed by atoms with Crippen LogP contribution in [0.3, 0.4) is 0 Å². The van der Waals surface area contributed by atoms with E-state index in [-0.39, 0.29) is 0 Å². The van der Waals surface area contributed by atoms with E-state index in [0.29, 0.717) is 0 Å². The van der Waals surface area contributed by atoms with Gasteiger partial charge in [0, 0.05) is 10.5 Å². The second-order valence-electron chi connectivity index (χ2n) is 6.05. The van der Waals surface area contributed by atoms with Gasteiger partial charge in [0.2, 0.25) is 0 Å². The van der Waals surface area contributed by atoms with Gasteiger partial charge in [0.1, 0.15) is 11.0 Å². The molecule has 2 nitrogen and oxygen atoms in total. The first kappa shape index (κ1) is 17.1. The Balaban J connectivity index is 1.60. The third kappa shape index (κ3) is 3.76. The van der Waals surface area contributed by atoms with Crippen molar-refractivity contribution in [2.45, 2.75) is 22.6 Å². The lowest BCUT2D eigenvalue weighted by Crippen LogP contribution is -2.09. The quantitative estimate of drug-likeness (QED) is 0.561. The zero-order valence-corrected chi connectivity index (χ0v) is 15.9. The van der Waals surface area contributed by atoms with Gasteiger partial charge in [0.15, 0.2) is 0 Å². The molecule has 1 atom stereocenters. The van der Waals surface area contributed by atoms with Crippen molar-refractivity contribution >= 4 is 34.0 Å². The fourth-order valence-corrected chi connectivity index (χ4v) is 4.94. The zero-order valence-electron chi connectivity index (χ0n) is 14.2. The molecule has 0 aliphatic heterocycles. The first-order valence-corrected chi connectivity index (χ1v) is 10.6. The molecule has 4 heteroatoms. The number of hydrogen-bond acceptors (Lipinski definition) is 2. The second kappa shape index (κ2) is 7.94. The van der Waals surface area contributed by atoms with E-state index in [1.807, 2.05) is 66.4 Å². The number of anilines is 1. The van der Waals surface area contributed by atoms with E-state index in [1.165, 1.54) is 15.4 Å². The van der Waals surface area contributed by atoms with E-state index in [0.717, 1.165) is 29.0 Å². The molecule has 0 spiro atoms. The van der Waals surface area contributed by atoms with Crippen molar-refractivity contribution in [3.8, 4) is 0 Å². The molecule has 0 heterocycles. The molecule has 0 saturated heterocycles. The molecule has 0 saturated carbocycles. The Hall–Kier alpha value is -2.30. The summed E-state index contributed by atoms with van der Waals surface area (Å²) >= 11 is 1.83. The maximum Gasteiger partial charge on any atom is 0.150 e. The van der Waals surface area contributed by atoms with Crippen LogP contribution in [-0.2, 0) is 11.0 Å². The number of allylic oxidation sites excluding steroid dienone is 2. The molecule has 3 aromatic carbocycles. The molecule has 1 aliphatic rings. The highest BCUT2D eigenvalue weighted by atomic mass is 32.2. The number of rotatable bonds is 6.